The summed E-state index contributed by atoms with van der Waals surface area (Å²) in [6, 6.07) is 5.89. The van der Waals surface area contributed by atoms with Crippen molar-refractivity contribution in [2.75, 3.05) is 5.88 Å². The van der Waals surface area contributed by atoms with E-state index in [4.69, 9.17) is 16.3 Å². The van der Waals surface area contributed by atoms with E-state index in [1.54, 1.807) is 32.0 Å². The van der Waals surface area contributed by atoms with Crippen LogP contribution in [0.2, 0.25) is 0 Å². The second kappa shape index (κ2) is 6.45. The second-order valence-electron chi connectivity index (χ2n) is 3.74. The quantitative estimate of drug-likeness (QED) is 0.825. The van der Waals surface area contributed by atoms with Gasteiger partial charge < -0.3 is 10.1 Å². The zero-order valence-electron chi connectivity index (χ0n) is 9.74. The van der Waals surface area contributed by atoms with Crippen LogP contribution >= 0.6 is 11.6 Å². The molecule has 1 N–H and O–H groups in total. The van der Waals surface area contributed by atoms with Gasteiger partial charge in [-0.3, -0.25) is 4.79 Å². The molecule has 0 saturated carbocycles. The lowest BCUT2D eigenvalue weighted by Gasteiger charge is -2.22. The largest absolute Gasteiger partial charge is 0.486 e. The molecule has 0 heterocycles. The summed E-state index contributed by atoms with van der Waals surface area (Å²) >= 11 is 5.37. The van der Waals surface area contributed by atoms with Crippen LogP contribution in [0.3, 0.4) is 0 Å². The van der Waals surface area contributed by atoms with Gasteiger partial charge in [-0.05, 0) is 26.0 Å². The molecule has 0 fully saturated rings. The summed E-state index contributed by atoms with van der Waals surface area (Å²) in [5, 5.41) is 2.65. The first-order chi connectivity index (χ1) is 8.04. The van der Waals surface area contributed by atoms with Gasteiger partial charge in [0.05, 0.1) is 6.04 Å². The van der Waals surface area contributed by atoms with Crippen molar-refractivity contribution in [2.24, 2.45) is 0 Å². The van der Waals surface area contributed by atoms with Crippen LogP contribution in [0, 0.1) is 5.82 Å². The van der Waals surface area contributed by atoms with Crippen LogP contribution in [-0.4, -0.2) is 23.9 Å². The minimum atomic E-state index is -0.421. The van der Waals surface area contributed by atoms with Crippen molar-refractivity contribution < 1.29 is 13.9 Å². The molecular formula is C12H15ClFNO2. The maximum Gasteiger partial charge on any atom is 0.235 e. The zero-order valence-corrected chi connectivity index (χ0v) is 10.5. The standard InChI is InChI=1S/C12H15ClFNO2/c1-8(15-12(16)7-13)9(2)17-11-6-4-3-5-10(11)14/h3-6,8-9H,7H2,1-2H3,(H,15,16). The number of nitrogens with one attached hydrogen (secondary N) is 1. The third-order valence-corrected chi connectivity index (χ3v) is 2.61. The number of carbonyl (C=O) groups is 1. The third-order valence-electron chi connectivity index (χ3n) is 2.36. The van der Waals surface area contributed by atoms with E-state index in [0.29, 0.717) is 0 Å². The normalized spacial score (nSPS) is 13.9. The number of rotatable bonds is 5. The van der Waals surface area contributed by atoms with Gasteiger partial charge >= 0.3 is 0 Å². The molecule has 2 unspecified atom stereocenters. The molecule has 0 spiro atoms. The summed E-state index contributed by atoms with van der Waals surface area (Å²) < 4.78 is 18.7. The highest BCUT2D eigenvalue weighted by atomic mass is 35.5. The molecule has 0 bridgehead atoms. The van der Waals surface area contributed by atoms with E-state index in [2.05, 4.69) is 5.32 Å². The van der Waals surface area contributed by atoms with Crippen LogP contribution in [0.5, 0.6) is 5.75 Å². The topological polar surface area (TPSA) is 38.3 Å². The molecule has 0 saturated heterocycles. The van der Waals surface area contributed by atoms with Crippen molar-refractivity contribution in [1.29, 1.82) is 0 Å². The van der Waals surface area contributed by atoms with E-state index < -0.39 is 5.82 Å². The van der Waals surface area contributed by atoms with Crippen LogP contribution in [0.1, 0.15) is 13.8 Å². The molecule has 94 valence electrons. The third kappa shape index (κ3) is 4.23. The number of halogens is 2. The molecule has 0 aliphatic rings. The number of benzene rings is 1. The number of para-hydroxylation sites is 1. The minimum absolute atomic E-state index is 0.100. The van der Waals surface area contributed by atoms with Gasteiger partial charge in [-0.1, -0.05) is 12.1 Å². The summed E-state index contributed by atoms with van der Waals surface area (Å²) in [6.45, 7) is 3.53. The fourth-order valence-electron chi connectivity index (χ4n) is 1.25. The van der Waals surface area contributed by atoms with Gasteiger partial charge in [-0.25, -0.2) is 4.39 Å². The first-order valence-electron chi connectivity index (χ1n) is 5.31. The Bertz CT molecular complexity index is 387. The van der Waals surface area contributed by atoms with Crippen LogP contribution in [0.25, 0.3) is 0 Å². The predicted molar refractivity (Wildman–Crippen MR) is 64.8 cm³/mol. The average molecular weight is 260 g/mol. The summed E-state index contributed by atoms with van der Waals surface area (Å²) in [7, 11) is 0. The van der Waals surface area contributed by atoms with E-state index in [1.165, 1.54) is 6.07 Å². The number of hydrogen-bond donors (Lipinski definition) is 1. The summed E-state index contributed by atoms with van der Waals surface area (Å²) in [5.74, 6) is -0.623. The van der Waals surface area contributed by atoms with Gasteiger partial charge in [0.1, 0.15) is 12.0 Å². The Morgan fingerprint density at radius 1 is 1.47 bits per heavy atom. The van der Waals surface area contributed by atoms with Crippen molar-refractivity contribution in [3.05, 3.63) is 30.1 Å². The maximum atomic E-state index is 13.3. The fourth-order valence-corrected chi connectivity index (χ4v) is 1.33. The van der Waals surface area contributed by atoms with Crippen LogP contribution in [0.4, 0.5) is 4.39 Å². The molecule has 1 aromatic rings. The highest BCUT2D eigenvalue weighted by Gasteiger charge is 2.17. The van der Waals surface area contributed by atoms with Crippen molar-refractivity contribution in [3.8, 4) is 5.75 Å². The van der Waals surface area contributed by atoms with Crippen molar-refractivity contribution in [1.82, 2.24) is 5.32 Å². The average Bonchev–Trinajstić information content (AvgIpc) is 2.31. The lowest BCUT2D eigenvalue weighted by Crippen LogP contribution is -2.43. The minimum Gasteiger partial charge on any atom is -0.486 e. The van der Waals surface area contributed by atoms with E-state index >= 15 is 0 Å². The monoisotopic (exact) mass is 259 g/mol. The van der Waals surface area contributed by atoms with Crippen molar-refractivity contribution in [2.45, 2.75) is 26.0 Å². The lowest BCUT2D eigenvalue weighted by molar-refractivity contribution is -0.119. The van der Waals surface area contributed by atoms with Gasteiger partial charge in [-0.2, -0.15) is 0 Å². The molecular weight excluding hydrogens is 245 g/mol. The molecule has 0 aromatic heterocycles. The Balaban J connectivity index is 2.57. The fraction of sp³-hybridized carbons (Fsp3) is 0.417. The molecule has 5 heteroatoms. The summed E-state index contributed by atoms with van der Waals surface area (Å²) in [6.07, 6.45) is -0.348. The Kier molecular flexibility index (Phi) is 5.22. The molecule has 1 aromatic carbocycles. The highest BCUT2D eigenvalue weighted by molar-refractivity contribution is 6.27. The Hall–Kier alpha value is -1.29. The molecule has 17 heavy (non-hydrogen) atoms. The first kappa shape index (κ1) is 13.8. The Morgan fingerprint density at radius 2 is 2.12 bits per heavy atom. The lowest BCUT2D eigenvalue weighted by atomic mass is 10.2. The van der Waals surface area contributed by atoms with Gasteiger partial charge in [0.15, 0.2) is 11.6 Å². The van der Waals surface area contributed by atoms with E-state index in [1.807, 2.05) is 0 Å². The number of alkyl halides is 1. The van der Waals surface area contributed by atoms with Crippen molar-refractivity contribution >= 4 is 17.5 Å². The molecule has 3 nitrogen and oxygen atoms in total. The smallest absolute Gasteiger partial charge is 0.235 e. The molecule has 0 radical (unpaired) electrons. The molecule has 1 amide bonds. The zero-order chi connectivity index (χ0) is 12.8. The maximum absolute atomic E-state index is 13.3. The highest BCUT2D eigenvalue weighted by Crippen LogP contribution is 2.17. The number of carbonyl (C=O) groups excluding carboxylic acids is 1. The van der Waals surface area contributed by atoms with Crippen LogP contribution in [-0.2, 0) is 4.79 Å². The second-order valence-corrected chi connectivity index (χ2v) is 4.01. The number of hydrogen-bond acceptors (Lipinski definition) is 2. The van der Waals surface area contributed by atoms with Crippen LogP contribution < -0.4 is 10.1 Å². The van der Waals surface area contributed by atoms with Gasteiger partial charge in [0, 0.05) is 0 Å². The Labute approximate surface area is 105 Å². The number of amides is 1. The first-order valence-corrected chi connectivity index (χ1v) is 5.84. The van der Waals surface area contributed by atoms with Gasteiger partial charge in [-0.15, -0.1) is 11.6 Å². The number of ether oxygens (including phenoxy) is 1. The van der Waals surface area contributed by atoms with Gasteiger partial charge in [0.25, 0.3) is 0 Å². The molecule has 2 atom stereocenters. The van der Waals surface area contributed by atoms with E-state index in [0.717, 1.165) is 0 Å². The summed E-state index contributed by atoms with van der Waals surface area (Å²) in [4.78, 5) is 11.1. The van der Waals surface area contributed by atoms with E-state index in [9.17, 15) is 9.18 Å². The molecule has 0 aliphatic carbocycles. The Morgan fingerprint density at radius 3 is 2.71 bits per heavy atom. The van der Waals surface area contributed by atoms with Gasteiger partial charge in [0.2, 0.25) is 5.91 Å². The van der Waals surface area contributed by atoms with Crippen molar-refractivity contribution in [3.63, 3.8) is 0 Å². The van der Waals surface area contributed by atoms with E-state index in [-0.39, 0.29) is 29.7 Å². The predicted octanol–water partition coefficient (Wildman–Crippen LogP) is 2.34. The SMILES string of the molecule is CC(NC(=O)CCl)C(C)Oc1ccccc1F. The summed E-state index contributed by atoms with van der Waals surface area (Å²) in [5.41, 5.74) is 0. The van der Waals surface area contributed by atoms with Crippen LogP contribution in [0.15, 0.2) is 24.3 Å². The molecule has 1 rings (SSSR count). The molecule has 0 aliphatic heterocycles.